The maximum Gasteiger partial charge on any atom is 0.244 e. The summed E-state index contributed by atoms with van der Waals surface area (Å²) in [6.45, 7) is 4.06. The topological polar surface area (TPSA) is 66.1 Å². The second kappa shape index (κ2) is 5.88. The first kappa shape index (κ1) is 12.9. The number of H-pyrrole nitrogens is 1. The summed E-state index contributed by atoms with van der Waals surface area (Å²) >= 11 is 0. The molecule has 0 spiro atoms. The summed E-state index contributed by atoms with van der Waals surface area (Å²) in [5.41, 5.74) is 0. The van der Waals surface area contributed by atoms with Crippen LogP contribution in [0.2, 0.25) is 0 Å². The van der Waals surface area contributed by atoms with Crippen molar-refractivity contribution in [3.05, 3.63) is 5.82 Å². The number of hydrogen-bond donors (Lipinski definition) is 2. The number of anilines is 1. The second-order valence-corrected chi connectivity index (χ2v) is 5.51. The fourth-order valence-corrected chi connectivity index (χ4v) is 2.97. The Kier molecular flexibility index (Phi) is 3.98. The largest absolute Gasteiger partial charge is 0.370 e. The van der Waals surface area contributed by atoms with Gasteiger partial charge in [0.25, 0.3) is 0 Å². The molecule has 106 valence electrons. The van der Waals surface area contributed by atoms with Crippen molar-refractivity contribution >= 4 is 5.95 Å². The van der Waals surface area contributed by atoms with E-state index in [0.29, 0.717) is 0 Å². The van der Waals surface area contributed by atoms with Crippen molar-refractivity contribution in [1.29, 1.82) is 0 Å². The van der Waals surface area contributed by atoms with Gasteiger partial charge < -0.3 is 15.0 Å². The highest BCUT2D eigenvalue weighted by molar-refractivity contribution is 5.29. The van der Waals surface area contributed by atoms with Crippen LogP contribution in [0.25, 0.3) is 0 Å². The Morgan fingerprint density at radius 3 is 2.89 bits per heavy atom. The third-order valence-corrected chi connectivity index (χ3v) is 4.12. The van der Waals surface area contributed by atoms with Crippen LogP contribution >= 0.6 is 0 Å². The lowest BCUT2D eigenvalue weighted by atomic mass is 9.97. The van der Waals surface area contributed by atoms with Gasteiger partial charge in [0, 0.05) is 19.7 Å². The first-order chi connectivity index (χ1) is 9.36. The first-order valence-electron chi connectivity index (χ1n) is 7.30. The number of piperidine rings is 1. The summed E-state index contributed by atoms with van der Waals surface area (Å²) in [7, 11) is 2.02. The summed E-state index contributed by atoms with van der Waals surface area (Å²) in [4.78, 5) is 6.88. The van der Waals surface area contributed by atoms with Crippen LogP contribution in [0.15, 0.2) is 0 Å². The van der Waals surface area contributed by atoms with Gasteiger partial charge in [0.15, 0.2) is 5.82 Å². The van der Waals surface area contributed by atoms with Gasteiger partial charge >= 0.3 is 0 Å². The highest BCUT2D eigenvalue weighted by Crippen LogP contribution is 2.27. The van der Waals surface area contributed by atoms with Crippen molar-refractivity contribution < 1.29 is 4.74 Å². The lowest BCUT2D eigenvalue weighted by Crippen LogP contribution is -2.37. The molecule has 6 heteroatoms. The smallest absolute Gasteiger partial charge is 0.244 e. The van der Waals surface area contributed by atoms with Gasteiger partial charge in [-0.15, -0.1) is 5.10 Å². The van der Waals surface area contributed by atoms with E-state index in [1.807, 2.05) is 7.05 Å². The van der Waals surface area contributed by atoms with E-state index in [1.165, 1.54) is 12.8 Å². The minimum atomic E-state index is 0.128. The fourth-order valence-electron chi connectivity index (χ4n) is 2.97. The van der Waals surface area contributed by atoms with Crippen LogP contribution in [0.1, 0.15) is 37.6 Å². The van der Waals surface area contributed by atoms with Gasteiger partial charge in [-0.2, -0.15) is 4.98 Å². The summed E-state index contributed by atoms with van der Waals surface area (Å²) in [5, 5.41) is 10.7. The van der Waals surface area contributed by atoms with Gasteiger partial charge in [0.1, 0.15) is 6.10 Å². The van der Waals surface area contributed by atoms with E-state index in [0.717, 1.165) is 56.8 Å². The Bertz CT molecular complexity index is 393. The SMILES string of the molecule is CNCC1CCN(c2n[nH]c(C3CCCO3)n2)CC1. The first-order valence-corrected chi connectivity index (χ1v) is 7.30. The standard InChI is InChI=1S/C13H23N5O/c1-14-9-10-4-6-18(7-5-10)13-15-12(16-17-13)11-3-2-8-19-11/h10-11,14H,2-9H2,1H3,(H,15,16,17). The van der Waals surface area contributed by atoms with E-state index in [4.69, 9.17) is 4.74 Å². The van der Waals surface area contributed by atoms with Crippen LogP contribution in [0.3, 0.4) is 0 Å². The zero-order valence-electron chi connectivity index (χ0n) is 11.6. The van der Waals surface area contributed by atoms with Crippen LogP contribution < -0.4 is 10.2 Å². The highest BCUT2D eigenvalue weighted by Gasteiger charge is 2.25. The molecule has 2 fully saturated rings. The fraction of sp³-hybridized carbons (Fsp3) is 0.846. The lowest BCUT2D eigenvalue weighted by molar-refractivity contribution is 0.105. The van der Waals surface area contributed by atoms with Gasteiger partial charge in [-0.1, -0.05) is 0 Å². The van der Waals surface area contributed by atoms with Crippen molar-refractivity contribution in [3.8, 4) is 0 Å². The molecule has 19 heavy (non-hydrogen) atoms. The Morgan fingerprint density at radius 1 is 1.37 bits per heavy atom. The molecule has 1 aromatic rings. The molecule has 3 rings (SSSR count). The van der Waals surface area contributed by atoms with Crippen LogP contribution in [0.5, 0.6) is 0 Å². The van der Waals surface area contributed by atoms with Gasteiger partial charge in [0.2, 0.25) is 5.95 Å². The summed E-state index contributed by atoms with van der Waals surface area (Å²) in [6.07, 6.45) is 4.73. The summed E-state index contributed by atoms with van der Waals surface area (Å²) in [5.74, 6) is 2.52. The molecule has 2 N–H and O–H groups in total. The van der Waals surface area contributed by atoms with Crippen molar-refractivity contribution in [2.45, 2.75) is 31.8 Å². The molecule has 0 aromatic carbocycles. The number of nitrogens with one attached hydrogen (secondary N) is 2. The Morgan fingerprint density at radius 2 is 2.21 bits per heavy atom. The minimum Gasteiger partial charge on any atom is -0.370 e. The predicted molar refractivity (Wildman–Crippen MR) is 73.2 cm³/mol. The monoisotopic (exact) mass is 265 g/mol. The molecular weight excluding hydrogens is 242 g/mol. The highest BCUT2D eigenvalue weighted by atomic mass is 16.5. The number of aromatic nitrogens is 3. The van der Waals surface area contributed by atoms with E-state index in [1.54, 1.807) is 0 Å². The number of nitrogens with zero attached hydrogens (tertiary/aromatic N) is 3. The van der Waals surface area contributed by atoms with Crippen LogP contribution in [0.4, 0.5) is 5.95 Å². The number of ether oxygens (including phenoxy) is 1. The maximum atomic E-state index is 5.63. The van der Waals surface area contributed by atoms with Crippen LogP contribution in [0, 0.1) is 5.92 Å². The lowest BCUT2D eigenvalue weighted by Gasteiger charge is -2.31. The number of hydrogen-bond acceptors (Lipinski definition) is 5. The Hall–Kier alpha value is -1.14. The molecular formula is C13H23N5O. The van der Waals surface area contributed by atoms with Gasteiger partial charge in [0.05, 0.1) is 0 Å². The quantitative estimate of drug-likeness (QED) is 0.853. The predicted octanol–water partition coefficient (Wildman–Crippen LogP) is 1.09. The van der Waals surface area contributed by atoms with E-state index in [-0.39, 0.29) is 6.10 Å². The molecule has 1 atom stereocenters. The van der Waals surface area contributed by atoms with E-state index in [2.05, 4.69) is 25.4 Å². The average molecular weight is 265 g/mol. The van der Waals surface area contributed by atoms with Gasteiger partial charge in [-0.05, 0) is 45.2 Å². The Balaban J connectivity index is 1.58. The van der Waals surface area contributed by atoms with E-state index >= 15 is 0 Å². The summed E-state index contributed by atoms with van der Waals surface area (Å²) in [6, 6.07) is 0. The summed E-state index contributed by atoms with van der Waals surface area (Å²) < 4.78 is 5.63. The molecule has 2 aliphatic rings. The van der Waals surface area contributed by atoms with Crippen molar-refractivity contribution in [1.82, 2.24) is 20.5 Å². The van der Waals surface area contributed by atoms with Crippen LogP contribution in [-0.4, -0.2) is 48.5 Å². The van der Waals surface area contributed by atoms with E-state index in [9.17, 15) is 0 Å². The van der Waals surface area contributed by atoms with Gasteiger partial charge in [-0.3, -0.25) is 5.10 Å². The molecule has 0 saturated carbocycles. The molecule has 6 nitrogen and oxygen atoms in total. The maximum absolute atomic E-state index is 5.63. The van der Waals surface area contributed by atoms with Crippen molar-refractivity contribution in [2.24, 2.45) is 5.92 Å². The molecule has 0 aliphatic carbocycles. The number of rotatable bonds is 4. The molecule has 1 unspecified atom stereocenters. The van der Waals surface area contributed by atoms with Crippen LogP contribution in [-0.2, 0) is 4.74 Å². The second-order valence-electron chi connectivity index (χ2n) is 5.51. The average Bonchev–Trinajstić information content (AvgIpc) is 3.11. The third-order valence-electron chi connectivity index (χ3n) is 4.12. The molecule has 3 heterocycles. The third kappa shape index (κ3) is 2.90. The van der Waals surface area contributed by atoms with Gasteiger partial charge in [-0.25, -0.2) is 0 Å². The van der Waals surface area contributed by atoms with Crippen molar-refractivity contribution in [3.63, 3.8) is 0 Å². The molecule has 0 amide bonds. The molecule has 0 radical (unpaired) electrons. The molecule has 2 aliphatic heterocycles. The van der Waals surface area contributed by atoms with E-state index < -0.39 is 0 Å². The Labute approximate surface area is 113 Å². The normalized spacial score (nSPS) is 25.1. The minimum absolute atomic E-state index is 0.128. The zero-order chi connectivity index (χ0) is 13.1. The molecule has 0 bridgehead atoms. The number of aromatic amines is 1. The zero-order valence-corrected chi connectivity index (χ0v) is 11.6. The molecule has 1 aromatic heterocycles. The molecule has 2 saturated heterocycles. The van der Waals surface area contributed by atoms with Crippen molar-refractivity contribution in [2.75, 3.05) is 38.2 Å².